The average Bonchev–Trinajstić information content (AvgIpc) is 2.38. The van der Waals surface area contributed by atoms with Crippen molar-refractivity contribution in [2.24, 2.45) is 0 Å². The lowest BCUT2D eigenvalue weighted by molar-refractivity contribution is 0.159. The van der Waals surface area contributed by atoms with Crippen LogP contribution in [0.15, 0.2) is 35.1 Å². The van der Waals surface area contributed by atoms with Crippen molar-refractivity contribution in [2.45, 2.75) is 6.43 Å². The summed E-state index contributed by atoms with van der Waals surface area (Å²) in [5, 5.41) is 0. The molecule has 0 heterocycles. The normalized spacial score (nSPS) is 12.8. The Morgan fingerprint density at radius 2 is 1.74 bits per heavy atom. The predicted molar refractivity (Wildman–Crippen MR) is 81.8 cm³/mol. The molecule has 0 atom stereocenters. The molecule has 0 rings (SSSR count). The number of halogens is 5. The van der Waals surface area contributed by atoms with Crippen LogP contribution in [0.2, 0.25) is 0 Å². The Balaban J connectivity index is 4.35. The van der Waals surface area contributed by atoms with Gasteiger partial charge in [0.2, 0.25) is 0 Å². The van der Waals surface area contributed by atoms with Crippen molar-refractivity contribution in [3.8, 4) is 0 Å². The standard InChI is InChI=1S/C11H12Cl2F3NS2/c12-4-1-6-17(7-2-5-13)11(18)19-8-3-9(14)10(15)16/h1-5,10H,6-8H2. The van der Waals surface area contributed by atoms with Gasteiger partial charge in [-0.05, 0) is 6.08 Å². The maximum Gasteiger partial charge on any atom is 0.289 e. The lowest BCUT2D eigenvalue weighted by Crippen LogP contribution is -2.27. The number of hydrogen-bond donors (Lipinski definition) is 0. The van der Waals surface area contributed by atoms with E-state index in [0.29, 0.717) is 17.4 Å². The van der Waals surface area contributed by atoms with E-state index in [1.807, 2.05) is 0 Å². The molecule has 0 spiro atoms. The molecule has 0 N–H and O–H groups in total. The first-order valence-electron chi connectivity index (χ1n) is 5.08. The minimum Gasteiger partial charge on any atom is -0.350 e. The van der Waals surface area contributed by atoms with Crippen molar-refractivity contribution in [1.29, 1.82) is 0 Å². The second kappa shape index (κ2) is 11.6. The number of thioether (sulfide) groups is 1. The molecular weight excluding hydrogens is 338 g/mol. The summed E-state index contributed by atoms with van der Waals surface area (Å²) in [6.07, 6.45) is 1.08. The molecule has 0 radical (unpaired) electrons. The van der Waals surface area contributed by atoms with E-state index in [1.165, 1.54) is 11.1 Å². The van der Waals surface area contributed by atoms with E-state index in [4.69, 9.17) is 35.4 Å². The third-order valence-corrected chi connectivity index (χ3v) is 3.59. The van der Waals surface area contributed by atoms with E-state index in [0.717, 1.165) is 17.8 Å². The van der Waals surface area contributed by atoms with E-state index in [1.54, 1.807) is 17.1 Å². The van der Waals surface area contributed by atoms with Gasteiger partial charge in [-0.25, -0.2) is 13.2 Å². The zero-order valence-corrected chi connectivity index (χ0v) is 12.9. The summed E-state index contributed by atoms with van der Waals surface area (Å²) in [5.41, 5.74) is 2.70. The Bertz CT molecular complexity index is 346. The highest BCUT2D eigenvalue weighted by Crippen LogP contribution is 2.15. The van der Waals surface area contributed by atoms with Gasteiger partial charge < -0.3 is 4.90 Å². The highest BCUT2D eigenvalue weighted by atomic mass is 35.5. The van der Waals surface area contributed by atoms with Crippen LogP contribution in [0.5, 0.6) is 0 Å². The third kappa shape index (κ3) is 9.38. The largest absolute Gasteiger partial charge is 0.350 e. The zero-order chi connectivity index (χ0) is 14.7. The van der Waals surface area contributed by atoms with E-state index >= 15 is 0 Å². The Kier molecular flexibility index (Phi) is 11.5. The minimum absolute atomic E-state index is 0.0423. The second-order valence-corrected chi connectivity index (χ2v) is 5.25. The fourth-order valence-electron chi connectivity index (χ4n) is 0.931. The summed E-state index contributed by atoms with van der Waals surface area (Å²) < 4.78 is 36.8. The Hall–Kier alpha value is -0.170. The monoisotopic (exact) mass is 349 g/mol. The topological polar surface area (TPSA) is 3.24 Å². The van der Waals surface area contributed by atoms with Gasteiger partial charge in [-0.1, -0.05) is 59.3 Å². The van der Waals surface area contributed by atoms with Crippen LogP contribution in [0.4, 0.5) is 13.2 Å². The molecule has 0 fully saturated rings. The van der Waals surface area contributed by atoms with Gasteiger partial charge in [0, 0.05) is 29.9 Å². The van der Waals surface area contributed by atoms with Gasteiger partial charge in [0.05, 0.1) is 0 Å². The van der Waals surface area contributed by atoms with Gasteiger partial charge in [0.15, 0.2) is 5.83 Å². The Labute approximate surface area is 130 Å². The first-order valence-corrected chi connectivity index (χ1v) is 7.35. The van der Waals surface area contributed by atoms with Crippen LogP contribution in [0, 0.1) is 0 Å². The second-order valence-electron chi connectivity index (χ2n) is 3.09. The van der Waals surface area contributed by atoms with Crippen LogP contribution >= 0.6 is 47.2 Å². The number of rotatable bonds is 7. The van der Waals surface area contributed by atoms with E-state index in [-0.39, 0.29) is 5.75 Å². The van der Waals surface area contributed by atoms with Crippen LogP contribution in [0.1, 0.15) is 0 Å². The van der Waals surface area contributed by atoms with Crippen LogP contribution < -0.4 is 0 Å². The summed E-state index contributed by atoms with van der Waals surface area (Å²) in [5.74, 6) is -1.40. The first kappa shape index (κ1) is 18.8. The quantitative estimate of drug-likeness (QED) is 0.600. The van der Waals surface area contributed by atoms with Gasteiger partial charge in [0.25, 0.3) is 6.43 Å². The number of allylic oxidation sites excluding steroid dienone is 1. The molecule has 0 aliphatic rings. The van der Waals surface area contributed by atoms with Crippen molar-refractivity contribution in [1.82, 2.24) is 4.90 Å². The van der Waals surface area contributed by atoms with Crippen molar-refractivity contribution >= 4 is 51.5 Å². The fraction of sp³-hybridized carbons (Fsp3) is 0.364. The molecule has 0 aromatic heterocycles. The summed E-state index contributed by atoms with van der Waals surface area (Å²) in [6, 6.07) is 0. The van der Waals surface area contributed by atoms with Crippen molar-refractivity contribution in [2.75, 3.05) is 18.8 Å². The van der Waals surface area contributed by atoms with Gasteiger partial charge in [-0.3, -0.25) is 0 Å². The molecule has 0 amide bonds. The van der Waals surface area contributed by atoms with Crippen LogP contribution in [-0.4, -0.2) is 34.5 Å². The van der Waals surface area contributed by atoms with Crippen molar-refractivity contribution in [3.63, 3.8) is 0 Å². The van der Waals surface area contributed by atoms with Crippen molar-refractivity contribution < 1.29 is 13.2 Å². The zero-order valence-electron chi connectivity index (χ0n) is 9.74. The number of alkyl halides is 2. The molecule has 19 heavy (non-hydrogen) atoms. The van der Waals surface area contributed by atoms with Gasteiger partial charge in [0.1, 0.15) is 4.32 Å². The summed E-state index contributed by atoms with van der Waals surface area (Å²) in [6.45, 7) is 0.912. The van der Waals surface area contributed by atoms with Gasteiger partial charge >= 0.3 is 0 Å². The van der Waals surface area contributed by atoms with E-state index in [9.17, 15) is 13.2 Å². The lowest BCUT2D eigenvalue weighted by Gasteiger charge is -2.21. The molecule has 0 aromatic carbocycles. The maximum absolute atomic E-state index is 12.6. The molecule has 8 heteroatoms. The number of thiocarbonyl (C=S) groups is 1. The first-order chi connectivity index (χ1) is 9.02. The fourth-order valence-corrected chi connectivity index (χ4v) is 2.16. The Morgan fingerprint density at radius 1 is 1.21 bits per heavy atom. The maximum atomic E-state index is 12.6. The van der Waals surface area contributed by atoms with Crippen LogP contribution in [-0.2, 0) is 0 Å². The molecule has 0 unspecified atom stereocenters. The van der Waals surface area contributed by atoms with Gasteiger partial charge in [-0.15, -0.1) is 0 Å². The lowest BCUT2D eigenvalue weighted by atomic mass is 10.5. The molecule has 1 nitrogen and oxygen atoms in total. The highest BCUT2D eigenvalue weighted by molar-refractivity contribution is 8.23. The molecule has 0 bridgehead atoms. The summed E-state index contributed by atoms with van der Waals surface area (Å²) >= 11 is 17.0. The summed E-state index contributed by atoms with van der Waals surface area (Å²) in [7, 11) is 0. The third-order valence-electron chi connectivity index (χ3n) is 1.78. The molecule has 0 saturated heterocycles. The SMILES string of the molecule is FC(=CCSC(=S)N(CC=CCl)CC=CCl)C(F)F. The Morgan fingerprint density at radius 3 is 2.16 bits per heavy atom. The molecule has 0 saturated carbocycles. The van der Waals surface area contributed by atoms with Crippen molar-refractivity contribution in [3.05, 3.63) is 35.1 Å². The van der Waals surface area contributed by atoms with Gasteiger partial charge in [-0.2, -0.15) is 0 Å². The van der Waals surface area contributed by atoms with Crippen LogP contribution in [0.3, 0.4) is 0 Å². The molecule has 0 aliphatic carbocycles. The molecular formula is C11H12Cl2F3NS2. The number of nitrogens with zero attached hydrogens (tertiary/aromatic N) is 1. The minimum atomic E-state index is -3.08. The summed E-state index contributed by atoms with van der Waals surface area (Å²) in [4.78, 5) is 1.74. The predicted octanol–water partition coefficient (Wildman–Crippen LogP) is 4.93. The molecule has 108 valence electrons. The molecule has 0 aromatic rings. The molecule has 0 aliphatic heterocycles. The average molecular weight is 350 g/mol. The van der Waals surface area contributed by atoms with E-state index in [2.05, 4.69) is 0 Å². The highest BCUT2D eigenvalue weighted by Gasteiger charge is 2.10. The number of hydrogen-bond acceptors (Lipinski definition) is 2. The van der Waals surface area contributed by atoms with Crippen LogP contribution in [0.25, 0.3) is 0 Å². The smallest absolute Gasteiger partial charge is 0.289 e. The van der Waals surface area contributed by atoms with E-state index < -0.39 is 12.3 Å².